The lowest BCUT2D eigenvalue weighted by Gasteiger charge is -2.18. The molecule has 1 saturated carbocycles. The van der Waals surface area contributed by atoms with Crippen molar-refractivity contribution in [3.05, 3.63) is 71.4 Å². The molecule has 0 saturated heterocycles. The molecular formula is C30H33N9O4. The summed E-state index contributed by atoms with van der Waals surface area (Å²) in [5, 5.41) is 20.9. The van der Waals surface area contributed by atoms with E-state index in [4.69, 9.17) is 4.74 Å². The normalized spacial score (nSPS) is 12.4. The van der Waals surface area contributed by atoms with Crippen LogP contribution in [0.25, 0.3) is 11.1 Å². The first-order valence-corrected chi connectivity index (χ1v) is 13.7. The molecule has 222 valence electrons. The van der Waals surface area contributed by atoms with Crippen molar-refractivity contribution >= 4 is 34.9 Å². The van der Waals surface area contributed by atoms with E-state index >= 15 is 0 Å². The fourth-order valence-electron chi connectivity index (χ4n) is 4.54. The van der Waals surface area contributed by atoms with Crippen molar-refractivity contribution in [3.63, 3.8) is 0 Å². The standard InChI is InChI=1S/C30H33N9O4/c1-17-20(15-33-39(17)4)16-38(3)30(42)23-12-11-19(14-32-23)21-7-6-8-22(27(21)43-5)34-24-13-25(35-28(40)18-9-10-18)36-37-26(24)29(41)31-2/h6-8,11-15,18H,9-10,16H2,1-5H3,(H,31,41)(H2,34,35,36,40). The Hall–Kier alpha value is -5.33. The van der Waals surface area contributed by atoms with E-state index < -0.39 is 5.91 Å². The zero-order valence-corrected chi connectivity index (χ0v) is 24.6. The third kappa shape index (κ3) is 6.30. The molecule has 0 bridgehead atoms. The van der Waals surface area contributed by atoms with E-state index in [1.807, 2.05) is 26.1 Å². The molecule has 1 aromatic carbocycles. The van der Waals surface area contributed by atoms with Gasteiger partial charge in [0.05, 0.1) is 24.7 Å². The summed E-state index contributed by atoms with van der Waals surface area (Å²) in [5.74, 6) is -0.0898. The number of nitrogens with one attached hydrogen (secondary N) is 3. The van der Waals surface area contributed by atoms with Gasteiger partial charge in [-0.1, -0.05) is 18.2 Å². The van der Waals surface area contributed by atoms with Crippen molar-refractivity contribution in [2.45, 2.75) is 26.3 Å². The van der Waals surface area contributed by atoms with Gasteiger partial charge in [0, 0.05) is 68.3 Å². The topological polar surface area (TPSA) is 156 Å². The summed E-state index contributed by atoms with van der Waals surface area (Å²) in [5.41, 5.74) is 4.63. The maximum Gasteiger partial charge on any atom is 0.273 e. The molecule has 0 aliphatic heterocycles. The van der Waals surface area contributed by atoms with Gasteiger partial charge in [0.15, 0.2) is 11.5 Å². The van der Waals surface area contributed by atoms with E-state index in [1.165, 1.54) is 14.2 Å². The average Bonchev–Trinajstić information content (AvgIpc) is 3.83. The van der Waals surface area contributed by atoms with Crippen molar-refractivity contribution < 1.29 is 19.1 Å². The molecular weight excluding hydrogens is 550 g/mol. The summed E-state index contributed by atoms with van der Waals surface area (Å²) in [4.78, 5) is 44.0. The van der Waals surface area contributed by atoms with Gasteiger partial charge in [0.2, 0.25) is 5.91 Å². The predicted molar refractivity (Wildman–Crippen MR) is 160 cm³/mol. The molecule has 0 unspecified atom stereocenters. The number of hydrogen-bond donors (Lipinski definition) is 3. The highest BCUT2D eigenvalue weighted by molar-refractivity contribution is 6.00. The highest BCUT2D eigenvalue weighted by Gasteiger charge is 2.30. The average molecular weight is 584 g/mol. The molecule has 3 N–H and O–H groups in total. The van der Waals surface area contributed by atoms with E-state index in [-0.39, 0.29) is 29.2 Å². The van der Waals surface area contributed by atoms with Crippen molar-refractivity contribution in [2.24, 2.45) is 13.0 Å². The molecule has 1 aliphatic rings. The number of nitrogens with zero attached hydrogens (tertiary/aromatic N) is 6. The number of pyridine rings is 1. The second-order valence-electron chi connectivity index (χ2n) is 10.3. The lowest BCUT2D eigenvalue weighted by Crippen LogP contribution is -2.27. The summed E-state index contributed by atoms with van der Waals surface area (Å²) in [6, 6.07) is 10.5. The Morgan fingerprint density at radius 1 is 1.09 bits per heavy atom. The number of para-hydroxylation sites is 1. The predicted octanol–water partition coefficient (Wildman–Crippen LogP) is 3.31. The van der Waals surface area contributed by atoms with Gasteiger partial charge in [-0.2, -0.15) is 5.10 Å². The second kappa shape index (κ2) is 12.3. The minimum atomic E-state index is -0.446. The van der Waals surface area contributed by atoms with Crippen molar-refractivity contribution in [1.82, 2.24) is 35.2 Å². The van der Waals surface area contributed by atoms with E-state index in [1.54, 1.807) is 53.3 Å². The van der Waals surface area contributed by atoms with Gasteiger partial charge in [0.25, 0.3) is 11.8 Å². The SMILES string of the molecule is CNC(=O)c1nnc(NC(=O)C2CC2)cc1Nc1cccc(-c2ccc(C(=O)N(C)Cc3cnn(C)c3C)nc2)c1OC. The summed E-state index contributed by atoms with van der Waals surface area (Å²) in [6.07, 6.45) is 5.06. The molecule has 1 fully saturated rings. The number of aryl methyl sites for hydroxylation is 1. The number of carbonyl (C=O) groups is 3. The van der Waals surface area contributed by atoms with Crippen LogP contribution < -0.4 is 20.7 Å². The third-order valence-corrected chi connectivity index (χ3v) is 7.31. The van der Waals surface area contributed by atoms with Crippen LogP contribution in [0.1, 0.15) is 45.1 Å². The molecule has 1 aliphatic carbocycles. The summed E-state index contributed by atoms with van der Waals surface area (Å²) in [7, 11) is 6.63. The van der Waals surface area contributed by atoms with Crippen LogP contribution in [0.5, 0.6) is 5.75 Å². The lowest BCUT2D eigenvalue weighted by molar-refractivity contribution is -0.117. The van der Waals surface area contributed by atoms with Crippen molar-refractivity contribution in [2.75, 3.05) is 31.8 Å². The smallest absolute Gasteiger partial charge is 0.273 e. The zero-order chi connectivity index (χ0) is 30.7. The first-order valence-electron chi connectivity index (χ1n) is 13.7. The number of rotatable bonds is 10. The number of amides is 3. The molecule has 3 heterocycles. The molecule has 13 heteroatoms. The number of ether oxygens (including phenoxy) is 1. The van der Waals surface area contributed by atoms with Crippen LogP contribution in [0.2, 0.25) is 0 Å². The number of aromatic nitrogens is 5. The zero-order valence-electron chi connectivity index (χ0n) is 24.6. The van der Waals surface area contributed by atoms with Gasteiger partial charge in [-0.25, -0.2) is 0 Å². The van der Waals surface area contributed by atoms with E-state index in [2.05, 4.69) is 36.2 Å². The first kappa shape index (κ1) is 29.2. The van der Waals surface area contributed by atoms with E-state index in [0.717, 1.165) is 29.7 Å². The molecule has 5 rings (SSSR count). The van der Waals surface area contributed by atoms with Crippen LogP contribution in [-0.4, -0.2) is 68.8 Å². The number of hydrogen-bond acceptors (Lipinski definition) is 9. The molecule has 3 amide bonds. The Bertz CT molecular complexity index is 1680. The Kier molecular flexibility index (Phi) is 8.32. The van der Waals surface area contributed by atoms with Crippen LogP contribution >= 0.6 is 0 Å². The minimum absolute atomic E-state index is 0.0188. The highest BCUT2D eigenvalue weighted by Crippen LogP contribution is 2.38. The van der Waals surface area contributed by atoms with Gasteiger partial charge >= 0.3 is 0 Å². The number of methoxy groups -OCH3 is 1. The van der Waals surface area contributed by atoms with E-state index in [0.29, 0.717) is 34.9 Å². The number of anilines is 3. The molecule has 3 aromatic heterocycles. The second-order valence-corrected chi connectivity index (χ2v) is 10.3. The monoisotopic (exact) mass is 583 g/mol. The summed E-state index contributed by atoms with van der Waals surface area (Å²) in [6.45, 7) is 2.37. The third-order valence-electron chi connectivity index (χ3n) is 7.31. The van der Waals surface area contributed by atoms with Gasteiger partial charge in [-0.15, -0.1) is 10.2 Å². The molecule has 0 spiro atoms. The van der Waals surface area contributed by atoms with Crippen LogP contribution in [0, 0.1) is 12.8 Å². The van der Waals surface area contributed by atoms with E-state index in [9.17, 15) is 14.4 Å². The maximum absolute atomic E-state index is 13.1. The largest absolute Gasteiger partial charge is 0.494 e. The number of benzene rings is 1. The van der Waals surface area contributed by atoms with Gasteiger partial charge < -0.3 is 25.6 Å². The molecule has 4 aromatic rings. The Balaban J connectivity index is 1.39. The fraction of sp³-hybridized carbons (Fsp3) is 0.300. The lowest BCUT2D eigenvalue weighted by atomic mass is 10.0. The van der Waals surface area contributed by atoms with Crippen LogP contribution in [-0.2, 0) is 18.4 Å². The molecule has 0 atom stereocenters. The molecule has 43 heavy (non-hydrogen) atoms. The minimum Gasteiger partial charge on any atom is -0.494 e. The van der Waals surface area contributed by atoms with Crippen LogP contribution in [0.3, 0.4) is 0 Å². The van der Waals surface area contributed by atoms with Crippen molar-refractivity contribution in [1.29, 1.82) is 0 Å². The fourth-order valence-corrected chi connectivity index (χ4v) is 4.54. The summed E-state index contributed by atoms with van der Waals surface area (Å²) >= 11 is 0. The Morgan fingerprint density at radius 2 is 1.88 bits per heavy atom. The van der Waals surface area contributed by atoms with Crippen molar-refractivity contribution in [3.8, 4) is 16.9 Å². The van der Waals surface area contributed by atoms with Gasteiger partial charge in [-0.3, -0.25) is 24.0 Å². The quantitative estimate of drug-likeness (QED) is 0.255. The molecule has 13 nitrogen and oxygen atoms in total. The Labute approximate surface area is 248 Å². The van der Waals surface area contributed by atoms with Crippen LogP contribution in [0.4, 0.5) is 17.2 Å². The van der Waals surface area contributed by atoms with Crippen LogP contribution in [0.15, 0.2) is 48.8 Å². The van der Waals surface area contributed by atoms with Gasteiger partial charge in [-0.05, 0) is 31.9 Å². The highest BCUT2D eigenvalue weighted by atomic mass is 16.5. The first-order chi connectivity index (χ1) is 20.7. The maximum atomic E-state index is 13.1. The molecule has 0 radical (unpaired) electrons. The Morgan fingerprint density at radius 3 is 2.51 bits per heavy atom. The summed E-state index contributed by atoms with van der Waals surface area (Å²) < 4.78 is 7.55. The number of carbonyl (C=O) groups excluding carboxylic acids is 3. The van der Waals surface area contributed by atoms with Gasteiger partial charge in [0.1, 0.15) is 11.4 Å².